The van der Waals surface area contributed by atoms with E-state index in [0.29, 0.717) is 12.1 Å². The van der Waals surface area contributed by atoms with E-state index in [1.54, 1.807) is 6.26 Å². The second kappa shape index (κ2) is 6.73. The van der Waals surface area contributed by atoms with Crippen molar-refractivity contribution in [2.45, 2.75) is 50.3 Å². The molecule has 0 radical (unpaired) electrons. The van der Waals surface area contributed by atoms with Crippen molar-refractivity contribution in [3.05, 3.63) is 0 Å². The first-order chi connectivity index (χ1) is 8.60. The highest BCUT2D eigenvalue weighted by atomic mass is 32.2. The fourth-order valence-corrected chi connectivity index (χ4v) is 4.93. The van der Waals surface area contributed by atoms with Crippen LogP contribution in [0, 0.1) is 0 Å². The van der Waals surface area contributed by atoms with Crippen LogP contribution < -0.4 is 5.32 Å². The number of nitrogens with one attached hydrogen (secondary N) is 1. The molecular weight excluding hydrogens is 266 g/mol. The molecule has 0 amide bonds. The Morgan fingerprint density at radius 1 is 1.61 bits per heavy atom. The van der Waals surface area contributed by atoms with Gasteiger partial charge in [0.05, 0.1) is 5.60 Å². The van der Waals surface area contributed by atoms with Crippen molar-refractivity contribution in [1.29, 1.82) is 0 Å². The Kier molecular flexibility index (Phi) is 5.54. The molecule has 3 nitrogen and oxygen atoms in total. The molecule has 2 rings (SSSR count). The smallest absolute Gasteiger partial charge is 0.0795 e. The summed E-state index contributed by atoms with van der Waals surface area (Å²) in [5.41, 5.74) is 0.161. The van der Waals surface area contributed by atoms with E-state index in [1.807, 2.05) is 11.8 Å². The second-order valence-corrected chi connectivity index (χ2v) is 8.32. The summed E-state index contributed by atoms with van der Waals surface area (Å²) in [6.07, 6.45) is 6.27. The molecule has 2 aliphatic rings. The van der Waals surface area contributed by atoms with E-state index < -0.39 is 10.8 Å². The second-order valence-electron chi connectivity index (χ2n) is 5.66. The quantitative estimate of drug-likeness (QED) is 0.838. The maximum atomic E-state index is 11.1. The molecule has 2 heterocycles. The average Bonchev–Trinajstić information content (AvgIpc) is 2.75. The van der Waals surface area contributed by atoms with Crippen molar-refractivity contribution < 1.29 is 8.95 Å². The first-order valence-corrected chi connectivity index (χ1v) is 9.76. The third-order valence-electron chi connectivity index (χ3n) is 3.92. The molecule has 4 unspecified atom stereocenters. The van der Waals surface area contributed by atoms with Gasteiger partial charge in [0.2, 0.25) is 0 Å². The molecule has 2 saturated heterocycles. The van der Waals surface area contributed by atoms with Gasteiger partial charge in [-0.05, 0) is 38.4 Å². The molecular formula is C13H25NO2S2. The van der Waals surface area contributed by atoms with Crippen LogP contribution in [-0.4, -0.2) is 52.0 Å². The van der Waals surface area contributed by atoms with Gasteiger partial charge in [-0.3, -0.25) is 4.21 Å². The van der Waals surface area contributed by atoms with Gasteiger partial charge in [-0.25, -0.2) is 0 Å². The summed E-state index contributed by atoms with van der Waals surface area (Å²) >= 11 is 2.02. The van der Waals surface area contributed by atoms with Crippen LogP contribution in [0.4, 0.5) is 0 Å². The third kappa shape index (κ3) is 4.22. The zero-order chi connectivity index (χ0) is 13.0. The Balaban J connectivity index is 1.76. The molecule has 1 spiro atoms. The molecule has 0 aromatic rings. The molecule has 5 heteroatoms. The first kappa shape index (κ1) is 14.8. The number of rotatable bonds is 5. The Morgan fingerprint density at radius 3 is 3.11 bits per heavy atom. The van der Waals surface area contributed by atoms with E-state index in [-0.39, 0.29) is 5.60 Å². The predicted molar refractivity (Wildman–Crippen MR) is 79.8 cm³/mol. The predicted octanol–water partition coefficient (Wildman–Crippen LogP) is 1.79. The number of hydrogen-bond acceptors (Lipinski definition) is 4. The maximum Gasteiger partial charge on any atom is 0.0795 e. The van der Waals surface area contributed by atoms with Crippen molar-refractivity contribution in [2.75, 3.05) is 30.1 Å². The molecule has 2 aliphatic heterocycles. The van der Waals surface area contributed by atoms with Crippen molar-refractivity contribution >= 4 is 22.6 Å². The minimum Gasteiger partial charge on any atom is -0.374 e. The third-order valence-corrected chi connectivity index (χ3v) is 5.95. The molecule has 2 fully saturated rings. The molecule has 0 bridgehead atoms. The lowest BCUT2D eigenvalue weighted by Crippen LogP contribution is -2.49. The molecule has 1 N–H and O–H groups in total. The summed E-state index contributed by atoms with van der Waals surface area (Å²) in [6, 6.07) is 1.04. The summed E-state index contributed by atoms with van der Waals surface area (Å²) < 4.78 is 17.1. The van der Waals surface area contributed by atoms with Crippen LogP contribution in [0.3, 0.4) is 0 Å². The minimum absolute atomic E-state index is 0.161. The van der Waals surface area contributed by atoms with Crippen LogP contribution in [0.2, 0.25) is 0 Å². The summed E-state index contributed by atoms with van der Waals surface area (Å²) in [5.74, 6) is 3.22. The van der Waals surface area contributed by atoms with Crippen LogP contribution in [0.1, 0.15) is 32.6 Å². The van der Waals surface area contributed by atoms with Gasteiger partial charge in [-0.15, -0.1) is 0 Å². The summed E-state index contributed by atoms with van der Waals surface area (Å²) in [4.78, 5) is 0. The SMILES string of the molecule is CC(CCS(C)=O)NC1CCOC2(CCSC2)C1. The van der Waals surface area contributed by atoms with Gasteiger partial charge < -0.3 is 10.1 Å². The van der Waals surface area contributed by atoms with Gasteiger partial charge in [-0.2, -0.15) is 11.8 Å². The van der Waals surface area contributed by atoms with Gasteiger partial charge in [0, 0.05) is 47.3 Å². The van der Waals surface area contributed by atoms with Crippen LogP contribution in [0.5, 0.6) is 0 Å². The van der Waals surface area contributed by atoms with E-state index in [1.165, 1.54) is 17.9 Å². The molecule has 0 aromatic heterocycles. The van der Waals surface area contributed by atoms with E-state index in [9.17, 15) is 4.21 Å². The monoisotopic (exact) mass is 291 g/mol. The van der Waals surface area contributed by atoms with Crippen LogP contribution >= 0.6 is 11.8 Å². The van der Waals surface area contributed by atoms with Crippen LogP contribution in [0.25, 0.3) is 0 Å². The van der Waals surface area contributed by atoms with Gasteiger partial charge in [0.25, 0.3) is 0 Å². The molecule has 0 aromatic carbocycles. The fraction of sp³-hybridized carbons (Fsp3) is 1.00. The lowest BCUT2D eigenvalue weighted by Gasteiger charge is -2.39. The van der Waals surface area contributed by atoms with Gasteiger partial charge in [0.1, 0.15) is 0 Å². The zero-order valence-electron chi connectivity index (χ0n) is 11.4. The van der Waals surface area contributed by atoms with Gasteiger partial charge >= 0.3 is 0 Å². The van der Waals surface area contributed by atoms with E-state index in [0.717, 1.165) is 31.6 Å². The highest BCUT2D eigenvalue weighted by Gasteiger charge is 2.40. The molecule has 0 aliphatic carbocycles. The Labute approximate surface area is 117 Å². The fourth-order valence-electron chi connectivity index (χ4n) is 2.86. The van der Waals surface area contributed by atoms with Crippen molar-refractivity contribution in [1.82, 2.24) is 5.32 Å². The molecule has 0 saturated carbocycles. The summed E-state index contributed by atoms with van der Waals surface area (Å²) in [6.45, 7) is 3.10. The largest absolute Gasteiger partial charge is 0.374 e. The van der Waals surface area contributed by atoms with Crippen molar-refractivity contribution in [2.24, 2.45) is 0 Å². The normalized spacial score (nSPS) is 35.8. The molecule has 4 atom stereocenters. The number of thioether (sulfide) groups is 1. The molecule has 106 valence electrons. The summed E-state index contributed by atoms with van der Waals surface area (Å²) in [7, 11) is -0.669. The van der Waals surface area contributed by atoms with E-state index >= 15 is 0 Å². The number of ether oxygens (including phenoxy) is 1. The number of hydrogen-bond donors (Lipinski definition) is 1. The Morgan fingerprint density at radius 2 is 2.44 bits per heavy atom. The zero-order valence-corrected chi connectivity index (χ0v) is 13.1. The van der Waals surface area contributed by atoms with Crippen molar-refractivity contribution in [3.63, 3.8) is 0 Å². The Bertz CT molecular complexity index is 293. The average molecular weight is 291 g/mol. The summed E-state index contributed by atoms with van der Waals surface area (Å²) in [5, 5.41) is 3.70. The maximum absolute atomic E-state index is 11.1. The standard InChI is InChI=1S/C13H25NO2S2/c1-11(4-8-18(2)15)14-12-3-6-16-13(9-12)5-7-17-10-13/h11-12,14H,3-10H2,1-2H3. The van der Waals surface area contributed by atoms with Gasteiger partial charge in [-0.1, -0.05) is 0 Å². The molecule has 18 heavy (non-hydrogen) atoms. The highest BCUT2D eigenvalue weighted by molar-refractivity contribution is 7.99. The van der Waals surface area contributed by atoms with Gasteiger partial charge in [0.15, 0.2) is 0 Å². The van der Waals surface area contributed by atoms with Crippen LogP contribution in [0.15, 0.2) is 0 Å². The minimum atomic E-state index is -0.669. The van der Waals surface area contributed by atoms with E-state index in [4.69, 9.17) is 4.74 Å². The topological polar surface area (TPSA) is 38.3 Å². The lowest BCUT2D eigenvalue weighted by molar-refractivity contribution is -0.0711. The lowest BCUT2D eigenvalue weighted by atomic mass is 9.89. The first-order valence-electron chi connectivity index (χ1n) is 6.87. The van der Waals surface area contributed by atoms with Crippen molar-refractivity contribution in [3.8, 4) is 0 Å². The highest BCUT2D eigenvalue weighted by Crippen LogP contribution is 2.38. The van der Waals surface area contributed by atoms with Crippen LogP contribution in [-0.2, 0) is 15.5 Å². The van der Waals surface area contributed by atoms with E-state index in [2.05, 4.69) is 12.2 Å². The Hall–Kier alpha value is 0.420.